The lowest BCUT2D eigenvalue weighted by Gasteiger charge is -2.22. The van der Waals surface area contributed by atoms with Gasteiger partial charge in [-0.25, -0.2) is 4.79 Å². The van der Waals surface area contributed by atoms with E-state index in [1.54, 1.807) is 0 Å². The Hall–Kier alpha value is -1.75. The molecule has 2 aromatic rings. The number of para-hydroxylation sites is 1. The Morgan fingerprint density at radius 2 is 2.24 bits per heavy atom. The molecular formula is C16H18N2O2S. The molecule has 4 nitrogen and oxygen atoms in total. The minimum atomic E-state index is -0.938. The van der Waals surface area contributed by atoms with Gasteiger partial charge in [-0.05, 0) is 24.7 Å². The van der Waals surface area contributed by atoms with E-state index >= 15 is 0 Å². The van der Waals surface area contributed by atoms with Crippen molar-refractivity contribution in [3.05, 3.63) is 36.0 Å². The van der Waals surface area contributed by atoms with E-state index in [0.29, 0.717) is 10.9 Å². The maximum atomic E-state index is 11.4. The zero-order valence-corrected chi connectivity index (χ0v) is 12.5. The van der Waals surface area contributed by atoms with Crippen molar-refractivity contribution in [2.45, 2.75) is 24.5 Å². The van der Waals surface area contributed by atoms with Crippen molar-refractivity contribution in [1.82, 2.24) is 4.98 Å². The number of pyridine rings is 1. The molecule has 2 heterocycles. The molecule has 3 rings (SSSR count). The molecule has 0 saturated carbocycles. The van der Waals surface area contributed by atoms with E-state index in [-0.39, 0.29) is 5.56 Å². The second-order valence-corrected chi connectivity index (χ2v) is 6.65. The molecular weight excluding hydrogens is 284 g/mol. The zero-order chi connectivity index (χ0) is 14.7. The van der Waals surface area contributed by atoms with Crippen LogP contribution in [0.3, 0.4) is 0 Å². The van der Waals surface area contributed by atoms with E-state index < -0.39 is 5.97 Å². The predicted octanol–water partition coefficient (Wildman–Crippen LogP) is 3.63. The van der Waals surface area contributed by atoms with E-state index in [4.69, 9.17) is 0 Å². The summed E-state index contributed by atoms with van der Waals surface area (Å²) in [4.78, 5) is 15.7. The minimum absolute atomic E-state index is 0.245. The van der Waals surface area contributed by atoms with Crippen LogP contribution in [0.15, 0.2) is 30.5 Å². The van der Waals surface area contributed by atoms with Crippen molar-refractivity contribution in [1.29, 1.82) is 0 Å². The number of benzene rings is 1. The molecule has 1 aromatic heterocycles. The average Bonchev–Trinajstić information content (AvgIpc) is 2.53. The van der Waals surface area contributed by atoms with Crippen LogP contribution >= 0.6 is 11.8 Å². The van der Waals surface area contributed by atoms with Gasteiger partial charge >= 0.3 is 5.97 Å². The molecule has 0 amide bonds. The summed E-state index contributed by atoms with van der Waals surface area (Å²) in [5, 5.41) is 14.2. The van der Waals surface area contributed by atoms with Crippen LogP contribution in [0.1, 0.15) is 29.6 Å². The monoisotopic (exact) mass is 302 g/mol. The number of rotatable bonds is 4. The summed E-state index contributed by atoms with van der Waals surface area (Å²) in [6.07, 6.45) is 5.20. The Kier molecular flexibility index (Phi) is 4.29. The molecule has 0 bridgehead atoms. The van der Waals surface area contributed by atoms with Crippen LogP contribution in [-0.2, 0) is 0 Å². The highest BCUT2D eigenvalue weighted by molar-refractivity contribution is 7.99. The van der Waals surface area contributed by atoms with Gasteiger partial charge in [0.1, 0.15) is 5.56 Å². The van der Waals surface area contributed by atoms with Crippen LogP contribution < -0.4 is 5.32 Å². The molecule has 0 radical (unpaired) electrons. The number of nitrogens with one attached hydrogen (secondary N) is 1. The number of nitrogens with zero attached hydrogens (tertiary/aromatic N) is 1. The minimum Gasteiger partial charge on any atom is -0.478 e. The predicted molar refractivity (Wildman–Crippen MR) is 87.3 cm³/mol. The van der Waals surface area contributed by atoms with Gasteiger partial charge in [0.25, 0.3) is 0 Å². The van der Waals surface area contributed by atoms with Gasteiger partial charge in [0.2, 0.25) is 0 Å². The summed E-state index contributed by atoms with van der Waals surface area (Å²) in [6, 6.07) is 7.65. The zero-order valence-electron chi connectivity index (χ0n) is 11.7. The SMILES string of the molecule is O=C(O)c1cnc2ccccc2c1NCC1CCCCS1. The highest BCUT2D eigenvalue weighted by Gasteiger charge is 2.17. The molecule has 21 heavy (non-hydrogen) atoms. The largest absolute Gasteiger partial charge is 0.478 e. The molecule has 0 spiro atoms. The third-order valence-electron chi connectivity index (χ3n) is 3.79. The summed E-state index contributed by atoms with van der Waals surface area (Å²) in [5.74, 6) is 0.266. The number of hydrogen-bond acceptors (Lipinski definition) is 4. The number of anilines is 1. The third-order valence-corrected chi connectivity index (χ3v) is 5.18. The molecule has 110 valence electrons. The fourth-order valence-corrected chi connectivity index (χ4v) is 3.92. The van der Waals surface area contributed by atoms with Crippen molar-refractivity contribution in [2.75, 3.05) is 17.6 Å². The number of hydrogen-bond donors (Lipinski definition) is 2. The topological polar surface area (TPSA) is 62.2 Å². The van der Waals surface area contributed by atoms with Crippen molar-refractivity contribution in [3.8, 4) is 0 Å². The third kappa shape index (κ3) is 3.13. The lowest BCUT2D eigenvalue weighted by atomic mass is 10.1. The summed E-state index contributed by atoms with van der Waals surface area (Å²) in [7, 11) is 0. The van der Waals surface area contributed by atoms with Gasteiger partial charge in [0.15, 0.2) is 0 Å². The first-order valence-electron chi connectivity index (χ1n) is 7.22. The van der Waals surface area contributed by atoms with Crippen molar-refractivity contribution >= 4 is 34.3 Å². The fourth-order valence-electron chi connectivity index (χ4n) is 2.68. The fraction of sp³-hybridized carbons (Fsp3) is 0.375. The Bertz CT molecular complexity index is 654. The number of aromatic nitrogens is 1. The Labute approximate surface area is 128 Å². The standard InChI is InChI=1S/C16H18N2O2S/c19-16(20)13-10-17-14-7-2-1-6-12(14)15(13)18-9-11-5-3-4-8-21-11/h1-2,6-7,10-11H,3-5,8-9H2,(H,17,18)(H,19,20). The second-order valence-electron chi connectivity index (χ2n) is 5.24. The quantitative estimate of drug-likeness (QED) is 0.903. The Morgan fingerprint density at radius 3 is 3.00 bits per heavy atom. The first-order valence-corrected chi connectivity index (χ1v) is 8.27. The van der Waals surface area contributed by atoms with Gasteiger partial charge in [-0.15, -0.1) is 0 Å². The van der Waals surface area contributed by atoms with Crippen LogP contribution in [0.4, 0.5) is 5.69 Å². The van der Waals surface area contributed by atoms with Gasteiger partial charge < -0.3 is 10.4 Å². The van der Waals surface area contributed by atoms with Crippen molar-refractivity contribution < 1.29 is 9.90 Å². The average molecular weight is 302 g/mol. The molecule has 1 aliphatic heterocycles. The summed E-state index contributed by atoms with van der Waals surface area (Å²) < 4.78 is 0. The van der Waals surface area contributed by atoms with E-state index in [1.807, 2.05) is 36.0 Å². The summed E-state index contributed by atoms with van der Waals surface area (Å²) in [5.41, 5.74) is 1.76. The second kappa shape index (κ2) is 6.35. The van der Waals surface area contributed by atoms with Crippen molar-refractivity contribution in [2.24, 2.45) is 0 Å². The number of aromatic carboxylic acids is 1. The molecule has 1 unspecified atom stereocenters. The normalized spacial score (nSPS) is 18.6. The van der Waals surface area contributed by atoms with Gasteiger partial charge in [-0.3, -0.25) is 4.98 Å². The Balaban J connectivity index is 1.90. The first-order chi connectivity index (χ1) is 10.3. The van der Waals surface area contributed by atoms with E-state index in [0.717, 1.165) is 17.4 Å². The van der Waals surface area contributed by atoms with Gasteiger partial charge in [0.05, 0.1) is 11.2 Å². The molecule has 5 heteroatoms. The maximum absolute atomic E-state index is 11.4. The summed E-state index contributed by atoms with van der Waals surface area (Å²) in [6.45, 7) is 0.805. The maximum Gasteiger partial charge on any atom is 0.339 e. The van der Waals surface area contributed by atoms with Crippen LogP contribution in [-0.4, -0.2) is 33.6 Å². The van der Waals surface area contributed by atoms with Gasteiger partial charge in [-0.2, -0.15) is 11.8 Å². The number of carbonyl (C=O) groups is 1. The van der Waals surface area contributed by atoms with Crippen LogP contribution in [0.2, 0.25) is 0 Å². The lowest BCUT2D eigenvalue weighted by molar-refractivity contribution is 0.0697. The summed E-state index contributed by atoms with van der Waals surface area (Å²) >= 11 is 1.98. The first kappa shape index (κ1) is 14.2. The number of carboxylic acids is 1. The molecule has 1 fully saturated rings. The smallest absolute Gasteiger partial charge is 0.339 e. The number of thioether (sulfide) groups is 1. The molecule has 2 N–H and O–H groups in total. The van der Waals surface area contributed by atoms with Crippen LogP contribution in [0.25, 0.3) is 10.9 Å². The molecule has 1 saturated heterocycles. The van der Waals surface area contributed by atoms with E-state index in [1.165, 1.54) is 31.2 Å². The van der Waals surface area contributed by atoms with Gasteiger partial charge in [0, 0.05) is 23.4 Å². The number of fused-ring (bicyclic) bond motifs is 1. The van der Waals surface area contributed by atoms with E-state index in [2.05, 4.69) is 10.3 Å². The van der Waals surface area contributed by atoms with Gasteiger partial charge in [-0.1, -0.05) is 24.6 Å². The van der Waals surface area contributed by atoms with Crippen molar-refractivity contribution in [3.63, 3.8) is 0 Å². The molecule has 0 aliphatic carbocycles. The van der Waals surface area contributed by atoms with Crippen LogP contribution in [0.5, 0.6) is 0 Å². The molecule has 1 atom stereocenters. The highest BCUT2D eigenvalue weighted by Crippen LogP contribution is 2.29. The number of carboxylic acid groups (broad SMARTS) is 1. The molecule has 1 aliphatic rings. The molecule has 1 aromatic carbocycles. The van der Waals surface area contributed by atoms with Crippen LogP contribution in [0, 0.1) is 0 Å². The Morgan fingerprint density at radius 1 is 1.38 bits per heavy atom. The highest BCUT2D eigenvalue weighted by atomic mass is 32.2. The van der Waals surface area contributed by atoms with E-state index in [9.17, 15) is 9.90 Å². The lowest BCUT2D eigenvalue weighted by Crippen LogP contribution is -2.21.